The zero-order valence-corrected chi connectivity index (χ0v) is 16.3. The molecule has 2 aliphatic rings. The largest absolute Gasteiger partial charge is 0.466 e. The number of methoxy groups -OCH3 is 1. The Balaban J connectivity index is 2.20. The molecule has 0 saturated heterocycles. The third kappa shape index (κ3) is 3.33. The van der Waals surface area contributed by atoms with Gasteiger partial charge in [-0.15, -0.1) is 0 Å². The number of esters is 1. The summed E-state index contributed by atoms with van der Waals surface area (Å²) in [5.74, 6) is 0.354. The van der Waals surface area contributed by atoms with E-state index in [2.05, 4.69) is 40.8 Å². The van der Waals surface area contributed by atoms with E-state index in [1.54, 1.807) is 6.08 Å². The summed E-state index contributed by atoms with van der Waals surface area (Å²) in [5.41, 5.74) is 1.56. The number of carbonyl (C=O) groups excluding carboxylic acids is 1. The third-order valence-electron chi connectivity index (χ3n) is 6.23. The number of rotatable bonds is 3. The Hall–Kier alpha value is -0.613. The van der Waals surface area contributed by atoms with E-state index in [0.29, 0.717) is 11.3 Å². The van der Waals surface area contributed by atoms with Gasteiger partial charge in [-0.1, -0.05) is 33.3 Å². The molecule has 2 aliphatic carbocycles. The Morgan fingerprint density at radius 2 is 1.86 bits per heavy atom. The van der Waals surface area contributed by atoms with Crippen LogP contribution in [0.3, 0.4) is 0 Å². The van der Waals surface area contributed by atoms with E-state index >= 15 is 0 Å². The summed E-state index contributed by atoms with van der Waals surface area (Å²) in [6.45, 7) is 13.8. The van der Waals surface area contributed by atoms with Crippen molar-refractivity contribution < 1.29 is 14.0 Å². The summed E-state index contributed by atoms with van der Waals surface area (Å²) in [6, 6.07) is 0. The predicted molar refractivity (Wildman–Crippen MR) is 92.2 cm³/mol. The Morgan fingerprint density at radius 1 is 1.27 bits per heavy atom. The molecule has 22 heavy (non-hydrogen) atoms. The minimum absolute atomic E-state index is 0.218. The maximum absolute atomic E-state index is 11.6. The molecule has 1 spiro atoms. The van der Waals surface area contributed by atoms with Crippen molar-refractivity contribution in [3.05, 3.63) is 11.6 Å². The van der Waals surface area contributed by atoms with Crippen molar-refractivity contribution in [3.8, 4) is 0 Å². The molecule has 3 nitrogen and oxygen atoms in total. The SMILES string of the molecule is COC(=O)/C=C1/C[C@@H](C)C2(CC2)[C@H](O[Si](C)(C)C(C)(C)C)C1. The quantitative estimate of drug-likeness (QED) is 0.429. The molecule has 2 atom stereocenters. The van der Waals surface area contributed by atoms with Crippen molar-refractivity contribution in [1.29, 1.82) is 0 Å². The van der Waals surface area contributed by atoms with E-state index in [-0.39, 0.29) is 17.1 Å². The maximum atomic E-state index is 11.6. The summed E-state index contributed by atoms with van der Waals surface area (Å²) in [6.07, 6.45) is 6.41. The number of hydrogen-bond acceptors (Lipinski definition) is 3. The Morgan fingerprint density at radius 3 is 2.32 bits per heavy atom. The predicted octanol–water partition coefficient (Wildman–Crippen LogP) is 4.69. The molecule has 0 N–H and O–H groups in total. The van der Waals surface area contributed by atoms with Gasteiger partial charge in [0, 0.05) is 6.08 Å². The highest BCUT2D eigenvalue weighted by Gasteiger charge is 2.57. The second-order valence-corrected chi connectivity index (χ2v) is 13.5. The van der Waals surface area contributed by atoms with Crippen LogP contribution >= 0.6 is 0 Å². The molecule has 0 unspecified atom stereocenters. The van der Waals surface area contributed by atoms with Crippen molar-refractivity contribution in [2.24, 2.45) is 11.3 Å². The summed E-state index contributed by atoms with van der Waals surface area (Å²) < 4.78 is 11.6. The molecule has 2 fully saturated rings. The highest BCUT2D eigenvalue weighted by Crippen LogP contribution is 2.62. The monoisotopic (exact) mass is 324 g/mol. The molecule has 4 heteroatoms. The average Bonchev–Trinajstić information content (AvgIpc) is 3.15. The van der Waals surface area contributed by atoms with E-state index in [9.17, 15) is 4.79 Å². The van der Waals surface area contributed by atoms with Crippen LogP contribution in [0.15, 0.2) is 11.6 Å². The Labute approximate surface area is 136 Å². The molecule has 0 heterocycles. The van der Waals surface area contributed by atoms with Gasteiger partial charge in [-0.2, -0.15) is 0 Å². The Bertz CT molecular complexity index is 469. The number of hydrogen-bond donors (Lipinski definition) is 0. The van der Waals surface area contributed by atoms with E-state index in [1.807, 2.05) is 0 Å². The minimum atomic E-state index is -1.79. The van der Waals surface area contributed by atoms with Crippen molar-refractivity contribution in [1.82, 2.24) is 0 Å². The third-order valence-corrected chi connectivity index (χ3v) is 10.7. The zero-order valence-electron chi connectivity index (χ0n) is 15.3. The molecule has 2 saturated carbocycles. The van der Waals surface area contributed by atoms with Crippen molar-refractivity contribution >= 4 is 14.3 Å². The van der Waals surface area contributed by atoms with Crippen molar-refractivity contribution in [3.63, 3.8) is 0 Å². The standard InChI is InChI=1S/C18H32O3Si/c1-13-10-14(12-16(19)20-5)11-15(18(13)8-9-18)21-22(6,7)17(2,3)4/h12-13,15H,8-11H2,1-7H3/b14-12-/t13-,15-/m1/s1. The van der Waals surface area contributed by atoms with Crippen LogP contribution in [-0.4, -0.2) is 27.5 Å². The van der Waals surface area contributed by atoms with Crippen LogP contribution in [0, 0.1) is 11.3 Å². The molecule has 0 aromatic heterocycles. The molecule has 0 bridgehead atoms. The first-order valence-corrected chi connectivity index (χ1v) is 11.4. The van der Waals surface area contributed by atoms with E-state index < -0.39 is 8.32 Å². The average molecular weight is 325 g/mol. The summed E-state index contributed by atoms with van der Waals surface area (Å²) in [4.78, 5) is 11.6. The van der Waals surface area contributed by atoms with Gasteiger partial charge in [0.2, 0.25) is 0 Å². The van der Waals surface area contributed by atoms with Crippen molar-refractivity contribution in [2.45, 2.75) is 77.6 Å². The lowest BCUT2D eigenvalue weighted by Gasteiger charge is -2.46. The van der Waals surface area contributed by atoms with Crippen LogP contribution in [0.2, 0.25) is 18.1 Å². The van der Waals surface area contributed by atoms with Gasteiger partial charge < -0.3 is 9.16 Å². The van der Waals surface area contributed by atoms with Crippen LogP contribution in [0.5, 0.6) is 0 Å². The molecule has 0 aromatic rings. The van der Waals surface area contributed by atoms with Gasteiger partial charge in [-0.3, -0.25) is 0 Å². The fourth-order valence-electron chi connectivity index (χ4n) is 3.43. The van der Waals surface area contributed by atoms with Gasteiger partial charge in [-0.25, -0.2) is 4.79 Å². The van der Waals surface area contributed by atoms with E-state index in [0.717, 1.165) is 12.8 Å². The molecular weight excluding hydrogens is 292 g/mol. The van der Waals surface area contributed by atoms with Crippen LogP contribution in [0.25, 0.3) is 0 Å². The van der Waals surface area contributed by atoms with Crippen LogP contribution < -0.4 is 0 Å². The number of carbonyl (C=O) groups is 1. The molecule has 2 rings (SSSR count). The van der Waals surface area contributed by atoms with Gasteiger partial charge in [0.25, 0.3) is 0 Å². The van der Waals surface area contributed by atoms with E-state index in [1.165, 1.54) is 25.5 Å². The molecule has 0 radical (unpaired) electrons. The second kappa shape index (κ2) is 5.79. The first-order chi connectivity index (χ1) is 10.0. The minimum Gasteiger partial charge on any atom is -0.466 e. The van der Waals surface area contributed by atoms with Gasteiger partial charge in [0.1, 0.15) is 0 Å². The van der Waals surface area contributed by atoms with Crippen LogP contribution in [0.4, 0.5) is 0 Å². The highest BCUT2D eigenvalue weighted by molar-refractivity contribution is 6.74. The van der Waals surface area contributed by atoms with Crippen LogP contribution in [0.1, 0.15) is 53.4 Å². The maximum Gasteiger partial charge on any atom is 0.330 e. The van der Waals surface area contributed by atoms with Crippen molar-refractivity contribution in [2.75, 3.05) is 7.11 Å². The first-order valence-electron chi connectivity index (χ1n) is 8.47. The molecule has 0 aromatic carbocycles. The molecule has 126 valence electrons. The smallest absolute Gasteiger partial charge is 0.330 e. The lowest BCUT2D eigenvalue weighted by Crippen LogP contribution is -2.48. The molecule has 0 amide bonds. The normalized spacial score (nSPS) is 29.7. The lowest BCUT2D eigenvalue weighted by atomic mass is 9.73. The second-order valence-electron chi connectivity index (χ2n) is 8.74. The fourth-order valence-corrected chi connectivity index (χ4v) is 4.82. The van der Waals surface area contributed by atoms with Gasteiger partial charge in [0.15, 0.2) is 8.32 Å². The lowest BCUT2D eigenvalue weighted by molar-refractivity contribution is -0.134. The van der Waals surface area contributed by atoms with Crippen LogP contribution in [-0.2, 0) is 14.0 Å². The topological polar surface area (TPSA) is 35.5 Å². The molecular formula is C18H32O3Si. The van der Waals surface area contributed by atoms with Gasteiger partial charge in [-0.05, 0) is 55.1 Å². The first kappa shape index (κ1) is 17.7. The van der Waals surface area contributed by atoms with E-state index in [4.69, 9.17) is 9.16 Å². The zero-order chi connectivity index (χ0) is 16.8. The van der Waals surface area contributed by atoms with Gasteiger partial charge >= 0.3 is 5.97 Å². The summed E-state index contributed by atoms with van der Waals surface area (Å²) in [5, 5.41) is 0.218. The van der Waals surface area contributed by atoms with Gasteiger partial charge in [0.05, 0.1) is 13.2 Å². The summed E-state index contributed by atoms with van der Waals surface area (Å²) >= 11 is 0. The number of ether oxygens (including phenoxy) is 1. The Kier molecular flexibility index (Phi) is 4.67. The molecule has 0 aliphatic heterocycles. The highest BCUT2D eigenvalue weighted by atomic mass is 28.4. The fraction of sp³-hybridized carbons (Fsp3) is 0.833. The summed E-state index contributed by atoms with van der Waals surface area (Å²) in [7, 11) is -0.350.